The largest absolute Gasteiger partial charge is 0.396 e. The summed E-state index contributed by atoms with van der Waals surface area (Å²) in [5, 5.41) is 4.59. The van der Waals surface area contributed by atoms with Gasteiger partial charge >= 0.3 is 0 Å². The normalized spacial score (nSPS) is 16.0. The monoisotopic (exact) mass is 213 g/mol. The van der Waals surface area contributed by atoms with Crippen molar-refractivity contribution in [2.75, 3.05) is 5.73 Å². The van der Waals surface area contributed by atoms with Crippen LogP contribution in [0.5, 0.6) is 0 Å². The van der Waals surface area contributed by atoms with Crippen molar-refractivity contribution < 1.29 is 0 Å². The minimum atomic E-state index is 0.588. The van der Waals surface area contributed by atoms with E-state index < -0.39 is 0 Å². The molecule has 1 heterocycles. The van der Waals surface area contributed by atoms with Crippen LogP contribution in [0.3, 0.4) is 0 Å². The van der Waals surface area contributed by atoms with Crippen molar-refractivity contribution in [1.82, 2.24) is 9.78 Å². The van der Waals surface area contributed by atoms with E-state index in [1.54, 1.807) is 0 Å². The first kappa shape index (κ1) is 9.46. The molecule has 3 heteroatoms. The van der Waals surface area contributed by atoms with E-state index in [1.807, 2.05) is 41.2 Å². The first-order valence-corrected chi connectivity index (χ1v) is 5.75. The van der Waals surface area contributed by atoms with E-state index in [1.165, 1.54) is 19.3 Å². The molecule has 0 aliphatic heterocycles. The summed E-state index contributed by atoms with van der Waals surface area (Å²) in [5.41, 5.74) is 8.98. The van der Waals surface area contributed by atoms with Gasteiger partial charge in [-0.2, -0.15) is 5.10 Å². The van der Waals surface area contributed by atoms with Gasteiger partial charge in [0.2, 0.25) is 0 Å². The van der Waals surface area contributed by atoms with Crippen LogP contribution >= 0.6 is 0 Å². The van der Waals surface area contributed by atoms with Crippen molar-refractivity contribution >= 4 is 5.69 Å². The van der Waals surface area contributed by atoms with Crippen LogP contribution in [-0.2, 0) is 0 Å². The summed E-state index contributed by atoms with van der Waals surface area (Å²) >= 11 is 0. The summed E-state index contributed by atoms with van der Waals surface area (Å²) in [6, 6.07) is 10.1. The van der Waals surface area contributed by atoms with E-state index in [2.05, 4.69) is 5.10 Å². The Bertz CT molecular complexity index is 483. The van der Waals surface area contributed by atoms with Crippen molar-refractivity contribution in [1.29, 1.82) is 0 Å². The van der Waals surface area contributed by atoms with Crippen LogP contribution in [-0.4, -0.2) is 9.78 Å². The Hall–Kier alpha value is -1.77. The van der Waals surface area contributed by atoms with Gasteiger partial charge in [0.1, 0.15) is 0 Å². The van der Waals surface area contributed by atoms with E-state index in [9.17, 15) is 0 Å². The lowest BCUT2D eigenvalue weighted by atomic mass is 9.82. The number of nitrogen functional groups attached to an aromatic ring is 1. The number of anilines is 1. The van der Waals surface area contributed by atoms with Crippen molar-refractivity contribution in [2.24, 2.45) is 0 Å². The van der Waals surface area contributed by atoms with E-state index in [4.69, 9.17) is 5.73 Å². The molecule has 0 bridgehead atoms. The smallest absolute Gasteiger partial charge is 0.0889 e. The van der Waals surface area contributed by atoms with Gasteiger partial charge in [-0.3, -0.25) is 0 Å². The van der Waals surface area contributed by atoms with Crippen molar-refractivity contribution in [2.45, 2.75) is 25.2 Å². The zero-order valence-corrected chi connectivity index (χ0v) is 9.13. The van der Waals surface area contributed by atoms with Gasteiger partial charge in [0.05, 0.1) is 23.3 Å². The summed E-state index contributed by atoms with van der Waals surface area (Å²) in [5.74, 6) is 0.588. The second-order valence-corrected chi connectivity index (χ2v) is 4.38. The molecule has 82 valence electrons. The molecule has 1 aliphatic carbocycles. The molecule has 16 heavy (non-hydrogen) atoms. The van der Waals surface area contributed by atoms with Gasteiger partial charge < -0.3 is 5.73 Å². The van der Waals surface area contributed by atoms with Gasteiger partial charge in [0.25, 0.3) is 0 Å². The molecule has 3 nitrogen and oxygen atoms in total. The highest BCUT2D eigenvalue weighted by Gasteiger charge is 2.24. The molecule has 1 aromatic carbocycles. The predicted octanol–water partition coefficient (Wildman–Crippen LogP) is 2.72. The Balaban J connectivity index is 1.97. The average molecular weight is 213 g/mol. The standard InChI is InChI=1S/C13H15N3/c14-12-9-16(11-7-2-1-3-8-11)15-13(12)10-5-4-6-10/h1-3,7-10H,4-6,14H2. The number of nitrogens with zero attached hydrogens (tertiary/aromatic N) is 2. The number of hydrogen-bond donors (Lipinski definition) is 1. The molecule has 1 aliphatic rings. The van der Waals surface area contributed by atoms with Gasteiger partial charge in [0.15, 0.2) is 0 Å². The van der Waals surface area contributed by atoms with Crippen LogP contribution in [0.1, 0.15) is 30.9 Å². The van der Waals surface area contributed by atoms with Crippen molar-refractivity contribution in [3.8, 4) is 5.69 Å². The fraction of sp³-hybridized carbons (Fsp3) is 0.308. The highest BCUT2D eigenvalue weighted by molar-refractivity contribution is 5.46. The Morgan fingerprint density at radius 1 is 1.19 bits per heavy atom. The number of benzene rings is 1. The Kier molecular flexibility index (Phi) is 2.17. The fourth-order valence-corrected chi connectivity index (χ4v) is 2.11. The van der Waals surface area contributed by atoms with Gasteiger partial charge in [-0.25, -0.2) is 4.68 Å². The molecular weight excluding hydrogens is 198 g/mol. The minimum absolute atomic E-state index is 0.588. The second kappa shape index (κ2) is 3.67. The molecule has 0 radical (unpaired) electrons. The Morgan fingerprint density at radius 3 is 2.56 bits per heavy atom. The summed E-state index contributed by atoms with van der Waals surface area (Å²) in [7, 11) is 0. The number of rotatable bonds is 2. The van der Waals surface area contributed by atoms with Crippen LogP contribution in [0.25, 0.3) is 5.69 Å². The third-order valence-corrected chi connectivity index (χ3v) is 3.29. The lowest BCUT2D eigenvalue weighted by Gasteiger charge is -2.23. The quantitative estimate of drug-likeness (QED) is 0.833. The molecule has 0 amide bonds. The maximum absolute atomic E-state index is 6.01. The lowest BCUT2D eigenvalue weighted by Crippen LogP contribution is -2.11. The van der Waals surface area contributed by atoms with Crippen LogP contribution in [0, 0.1) is 0 Å². The molecule has 2 N–H and O–H groups in total. The average Bonchev–Trinajstić information content (AvgIpc) is 2.60. The SMILES string of the molecule is Nc1cn(-c2ccccc2)nc1C1CCC1. The van der Waals surface area contributed by atoms with Gasteiger partial charge in [0, 0.05) is 5.92 Å². The first-order chi connectivity index (χ1) is 7.84. The highest BCUT2D eigenvalue weighted by Crippen LogP contribution is 2.38. The predicted molar refractivity (Wildman–Crippen MR) is 64.6 cm³/mol. The van der Waals surface area contributed by atoms with Crippen LogP contribution in [0.2, 0.25) is 0 Å². The van der Waals surface area contributed by atoms with Crippen LogP contribution in [0.4, 0.5) is 5.69 Å². The van der Waals surface area contributed by atoms with Crippen molar-refractivity contribution in [3.05, 3.63) is 42.2 Å². The fourth-order valence-electron chi connectivity index (χ4n) is 2.11. The molecule has 2 aromatic rings. The zero-order chi connectivity index (χ0) is 11.0. The van der Waals surface area contributed by atoms with Gasteiger partial charge in [-0.05, 0) is 25.0 Å². The lowest BCUT2D eigenvalue weighted by molar-refractivity contribution is 0.410. The minimum Gasteiger partial charge on any atom is -0.396 e. The van der Waals surface area contributed by atoms with Gasteiger partial charge in [-0.1, -0.05) is 24.6 Å². The molecular formula is C13H15N3. The van der Waals surface area contributed by atoms with Crippen molar-refractivity contribution in [3.63, 3.8) is 0 Å². The van der Waals surface area contributed by atoms with E-state index in [0.717, 1.165) is 17.1 Å². The molecule has 3 rings (SSSR count). The summed E-state index contributed by atoms with van der Waals surface area (Å²) in [6.07, 6.45) is 5.69. The molecule has 0 saturated heterocycles. The topological polar surface area (TPSA) is 43.8 Å². The maximum Gasteiger partial charge on any atom is 0.0889 e. The van der Waals surface area contributed by atoms with Gasteiger partial charge in [-0.15, -0.1) is 0 Å². The number of aromatic nitrogens is 2. The van der Waals surface area contributed by atoms with E-state index in [-0.39, 0.29) is 0 Å². The second-order valence-electron chi connectivity index (χ2n) is 4.38. The molecule has 1 aromatic heterocycles. The summed E-state index contributed by atoms with van der Waals surface area (Å²) in [6.45, 7) is 0. The number of para-hydroxylation sites is 1. The molecule has 1 fully saturated rings. The first-order valence-electron chi connectivity index (χ1n) is 5.75. The summed E-state index contributed by atoms with van der Waals surface area (Å²) < 4.78 is 1.88. The third-order valence-electron chi connectivity index (χ3n) is 3.29. The van der Waals surface area contributed by atoms with E-state index in [0.29, 0.717) is 5.92 Å². The molecule has 0 spiro atoms. The molecule has 0 atom stereocenters. The molecule has 0 unspecified atom stereocenters. The number of hydrogen-bond acceptors (Lipinski definition) is 2. The van der Waals surface area contributed by atoms with Crippen LogP contribution < -0.4 is 5.73 Å². The van der Waals surface area contributed by atoms with Crippen LogP contribution in [0.15, 0.2) is 36.5 Å². The third kappa shape index (κ3) is 1.48. The summed E-state index contributed by atoms with van der Waals surface area (Å²) in [4.78, 5) is 0. The van der Waals surface area contributed by atoms with E-state index >= 15 is 0 Å². The molecule has 1 saturated carbocycles. The zero-order valence-electron chi connectivity index (χ0n) is 9.13. The number of nitrogens with two attached hydrogens (primary N) is 1. The highest BCUT2D eigenvalue weighted by atomic mass is 15.3. The maximum atomic E-state index is 6.01. The Labute approximate surface area is 94.9 Å². The Morgan fingerprint density at radius 2 is 1.94 bits per heavy atom.